The molecule has 0 aliphatic carbocycles. The van der Waals surface area contributed by atoms with E-state index < -0.39 is 0 Å². The molecule has 1 aromatic heterocycles. The fourth-order valence-electron chi connectivity index (χ4n) is 1.75. The highest BCUT2D eigenvalue weighted by Crippen LogP contribution is 2.26. The van der Waals surface area contributed by atoms with Gasteiger partial charge in [0.25, 0.3) is 0 Å². The van der Waals surface area contributed by atoms with Gasteiger partial charge in [0.2, 0.25) is 0 Å². The van der Waals surface area contributed by atoms with E-state index in [1.54, 1.807) is 18.6 Å². The number of nitrogens with zero attached hydrogens (tertiary/aromatic N) is 3. The molecule has 14 heavy (non-hydrogen) atoms. The van der Waals surface area contributed by atoms with Gasteiger partial charge < -0.3 is 5.11 Å². The molecule has 4 heteroatoms. The summed E-state index contributed by atoms with van der Waals surface area (Å²) in [5.41, 5.74) is 1.00. The largest absolute Gasteiger partial charge is 0.396 e. The van der Waals surface area contributed by atoms with Gasteiger partial charge in [0.1, 0.15) is 0 Å². The zero-order chi connectivity index (χ0) is 9.97. The van der Waals surface area contributed by atoms with Crippen LogP contribution in [0.5, 0.6) is 0 Å². The third-order valence-corrected chi connectivity index (χ3v) is 2.80. The Bertz CT molecular complexity index is 285. The average molecular weight is 193 g/mol. The molecule has 4 nitrogen and oxygen atoms in total. The Hall–Kier alpha value is -1.00. The summed E-state index contributed by atoms with van der Waals surface area (Å²) in [5.74, 6) is 0.453. The fourth-order valence-corrected chi connectivity index (χ4v) is 1.75. The SMILES string of the molecule is C[C@@H](c1cnccn1)N1CC(CO)C1. The molecule has 76 valence electrons. The number of rotatable bonds is 3. The van der Waals surface area contributed by atoms with Crippen LogP contribution in [0.2, 0.25) is 0 Å². The molecular weight excluding hydrogens is 178 g/mol. The van der Waals surface area contributed by atoms with Crippen LogP contribution >= 0.6 is 0 Å². The summed E-state index contributed by atoms with van der Waals surface area (Å²) in [6.45, 7) is 4.35. The summed E-state index contributed by atoms with van der Waals surface area (Å²) < 4.78 is 0. The van der Waals surface area contributed by atoms with Crippen LogP contribution in [-0.2, 0) is 0 Å². The van der Waals surface area contributed by atoms with Gasteiger partial charge in [-0.3, -0.25) is 14.9 Å². The highest BCUT2D eigenvalue weighted by Gasteiger charge is 2.30. The molecule has 1 N–H and O–H groups in total. The number of aliphatic hydroxyl groups is 1. The molecule has 1 aliphatic heterocycles. The molecule has 0 spiro atoms. The maximum absolute atomic E-state index is 8.90. The van der Waals surface area contributed by atoms with Gasteiger partial charge in [-0.15, -0.1) is 0 Å². The van der Waals surface area contributed by atoms with Crippen LogP contribution in [0.25, 0.3) is 0 Å². The first-order chi connectivity index (χ1) is 6.81. The second-order valence-electron chi connectivity index (χ2n) is 3.81. The number of likely N-dealkylation sites (tertiary alicyclic amines) is 1. The second-order valence-corrected chi connectivity index (χ2v) is 3.81. The molecule has 2 rings (SSSR count). The third kappa shape index (κ3) is 1.76. The van der Waals surface area contributed by atoms with Gasteiger partial charge in [-0.05, 0) is 6.92 Å². The Morgan fingerprint density at radius 2 is 2.36 bits per heavy atom. The van der Waals surface area contributed by atoms with E-state index in [0.29, 0.717) is 18.6 Å². The van der Waals surface area contributed by atoms with Crippen molar-refractivity contribution in [1.29, 1.82) is 0 Å². The van der Waals surface area contributed by atoms with Crippen LogP contribution in [0.1, 0.15) is 18.7 Å². The number of hydrogen-bond acceptors (Lipinski definition) is 4. The van der Waals surface area contributed by atoms with Crippen molar-refractivity contribution in [3.63, 3.8) is 0 Å². The number of hydrogen-bond donors (Lipinski definition) is 1. The van der Waals surface area contributed by atoms with Crippen LogP contribution in [-0.4, -0.2) is 39.7 Å². The minimum Gasteiger partial charge on any atom is -0.396 e. The summed E-state index contributed by atoms with van der Waals surface area (Å²) in [6.07, 6.45) is 5.20. The van der Waals surface area contributed by atoms with Gasteiger partial charge in [-0.1, -0.05) is 0 Å². The molecule has 1 atom stereocenters. The Morgan fingerprint density at radius 3 is 2.93 bits per heavy atom. The smallest absolute Gasteiger partial charge is 0.0755 e. The van der Waals surface area contributed by atoms with Crippen LogP contribution in [0.4, 0.5) is 0 Å². The first-order valence-corrected chi connectivity index (χ1v) is 4.92. The maximum Gasteiger partial charge on any atom is 0.0755 e. The van der Waals surface area contributed by atoms with E-state index in [0.717, 1.165) is 18.8 Å². The van der Waals surface area contributed by atoms with Crippen molar-refractivity contribution in [3.8, 4) is 0 Å². The zero-order valence-corrected chi connectivity index (χ0v) is 8.30. The lowest BCUT2D eigenvalue weighted by Gasteiger charge is -2.42. The zero-order valence-electron chi connectivity index (χ0n) is 8.30. The van der Waals surface area contributed by atoms with Crippen molar-refractivity contribution < 1.29 is 5.11 Å². The summed E-state index contributed by atoms with van der Waals surface area (Å²) in [5, 5.41) is 8.90. The molecule has 0 saturated carbocycles. The van der Waals surface area contributed by atoms with Crippen LogP contribution in [0.3, 0.4) is 0 Å². The Morgan fingerprint density at radius 1 is 1.57 bits per heavy atom. The number of aromatic nitrogens is 2. The highest BCUT2D eigenvalue weighted by atomic mass is 16.3. The summed E-state index contributed by atoms with van der Waals surface area (Å²) in [6, 6.07) is 0.312. The number of aliphatic hydroxyl groups excluding tert-OH is 1. The molecule has 2 heterocycles. The van der Waals surface area contributed by atoms with Crippen molar-refractivity contribution >= 4 is 0 Å². The van der Waals surface area contributed by atoms with E-state index in [1.165, 1.54) is 0 Å². The second kappa shape index (κ2) is 4.02. The van der Waals surface area contributed by atoms with E-state index in [1.807, 2.05) is 0 Å². The minimum absolute atomic E-state index is 0.295. The standard InChI is InChI=1S/C10H15N3O/c1-8(10-4-11-2-3-12-10)13-5-9(6-13)7-14/h2-4,8-9,14H,5-7H2,1H3/t8-/m0/s1. The third-order valence-electron chi connectivity index (χ3n) is 2.80. The van der Waals surface area contributed by atoms with Crippen molar-refractivity contribution in [2.45, 2.75) is 13.0 Å². The Labute approximate surface area is 83.6 Å². The molecule has 0 aromatic carbocycles. The van der Waals surface area contributed by atoms with E-state index in [4.69, 9.17) is 5.11 Å². The topological polar surface area (TPSA) is 49.2 Å². The molecule has 0 radical (unpaired) electrons. The van der Waals surface area contributed by atoms with Crippen molar-refractivity contribution in [3.05, 3.63) is 24.3 Å². The predicted octanol–water partition coefficient (Wildman–Crippen LogP) is 0.462. The van der Waals surface area contributed by atoms with Gasteiger partial charge in [0, 0.05) is 44.2 Å². The molecule has 1 fully saturated rings. The van der Waals surface area contributed by atoms with Gasteiger partial charge >= 0.3 is 0 Å². The first-order valence-electron chi connectivity index (χ1n) is 4.92. The van der Waals surface area contributed by atoms with Crippen molar-refractivity contribution in [2.75, 3.05) is 19.7 Å². The maximum atomic E-state index is 8.90. The summed E-state index contributed by atoms with van der Waals surface area (Å²) in [4.78, 5) is 10.6. The Kier molecular flexibility index (Phi) is 2.74. The molecule has 0 unspecified atom stereocenters. The molecular formula is C10H15N3O. The molecule has 0 amide bonds. The lowest BCUT2D eigenvalue weighted by Crippen LogP contribution is -2.49. The normalized spacial score (nSPS) is 20.4. The van der Waals surface area contributed by atoms with Crippen molar-refractivity contribution in [2.24, 2.45) is 5.92 Å². The summed E-state index contributed by atoms with van der Waals surface area (Å²) in [7, 11) is 0. The minimum atomic E-state index is 0.295. The molecule has 0 bridgehead atoms. The molecule has 1 aliphatic rings. The van der Waals surface area contributed by atoms with E-state index >= 15 is 0 Å². The average Bonchev–Trinajstić information content (AvgIpc) is 2.17. The lowest BCUT2D eigenvalue weighted by molar-refractivity contribution is 0.0231. The van der Waals surface area contributed by atoms with Gasteiger partial charge in [-0.25, -0.2) is 0 Å². The molecule has 1 saturated heterocycles. The quantitative estimate of drug-likeness (QED) is 0.757. The van der Waals surface area contributed by atoms with E-state index in [9.17, 15) is 0 Å². The van der Waals surface area contributed by atoms with E-state index in [-0.39, 0.29) is 0 Å². The summed E-state index contributed by atoms with van der Waals surface area (Å²) >= 11 is 0. The lowest BCUT2D eigenvalue weighted by atomic mass is 9.98. The van der Waals surface area contributed by atoms with Crippen molar-refractivity contribution in [1.82, 2.24) is 14.9 Å². The van der Waals surface area contributed by atoms with Gasteiger partial charge in [-0.2, -0.15) is 0 Å². The van der Waals surface area contributed by atoms with Crippen LogP contribution in [0.15, 0.2) is 18.6 Å². The first kappa shape index (κ1) is 9.55. The Balaban J connectivity index is 1.94. The van der Waals surface area contributed by atoms with Gasteiger partial charge in [0.05, 0.1) is 11.7 Å². The van der Waals surface area contributed by atoms with Crippen LogP contribution < -0.4 is 0 Å². The fraction of sp³-hybridized carbons (Fsp3) is 0.600. The monoisotopic (exact) mass is 193 g/mol. The van der Waals surface area contributed by atoms with Crippen LogP contribution in [0, 0.1) is 5.92 Å². The van der Waals surface area contributed by atoms with Gasteiger partial charge in [0.15, 0.2) is 0 Å². The highest BCUT2D eigenvalue weighted by molar-refractivity contribution is 5.03. The van der Waals surface area contributed by atoms with E-state index in [2.05, 4.69) is 21.8 Å². The molecule has 1 aromatic rings. The predicted molar refractivity (Wildman–Crippen MR) is 52.6 cm³/mol.